The van der Waals surface area contributed by atoms with E-state index in [4.69, 9.17) is 0 Å². The van der Waals surface area contributed by atoms with Gasteiger partial charge in [-0.3, -0.25) is 0 Å². The van der Waals surface area contributed by atoms with Gasteiger partial charge in [0, 0.05) is 43.4 Å². The van der Waals surface area contributed by atoms with Crippen molar-refractivity contribution in [1.29, 1.82) is 0 Å². The molecule has 0 radical (unpaired) electrons. The second-order valence-corrected chi connectivity index (χ2v) is 13.3. The Morgan fingerprint density at radius 2 is 0.517 bits per heavy atom. The average molecular weight is 817 g/mol. The fraction of sp³-hybridized carbons (Fsp3) is 0.0714. The molecule has 2 heteroatoms. The summed E-state index contributed by atoms with van der Waals surface area (Å²) in [6.07, 6.45) is 14.4. The Morgan fingerprint density at radius 1 is 0.310 bits per heavy atom. The van der Waals surface area contributed by atoms with E-state index in [2.05, 4.69) is 149 Å². The minimum atomic E-state index is 0. The zero-order valence-electron chi connectivity index (χ0n) is 33.8. The fourth-order valence-electron chi connectivity index (χ4n) is 5.48. The number of benzene rings is 4. The zero-order chi connectivity index (χ0) is 39.2. The van der Waals surface area contributed by atoms with E-state index in [1.807, 2.05) is 121 Å². The summed E-state index contributed by atoms with van der Waals surface area (Å²) in [7, 11) is 0. The quantitative estimate of drug-likeness (QED) is 0.123. The second kappa shape index (κ2) is 26.6. The van der Waals surface area contributed by atoms with E-state index in [0.29, 0.717) is 0 Å². The van der Waals surface area contributed by atoms with Crippen LogP contribution in [0.5, 0.6) is 0 Å². The van der Waals surface area contributed by atoms with Crippen LogP contribution in [0.25, 0.3) is 0 Å². The first kappa shape index (κ1) is 47.0. The van der Waals surface area contributed by atoms with Gasteiger partial charge in [-0.25, -0.2) is 43.3 Å². The van der Waals surface area contributed by atoms with E-state index in [-0.39, 0.29) is 43.4 Å². The monoisotopic (exact) mass is 816 g/mol. The molecular formula is C56H48Ti2-12. The largest absolute Gasteiger partial charge is 0.748 e. The summed E-state index contributed by atoms with van der Waals surface area (Å²) < 4.78 is 0. The maximum atomic E-state index is 3.59. The molecule has 0 aromatic heterocycles. The molecule has 58 heavy (non-hydrogen) atoms. The van der Waals surface area contributed by atoms with Crippen molar-refractivity contribution in [1.82, 2.24) is 0 Å². The van der Waals surface area contributed by atoms with E-state index in [1.165, 1.54) is 22.3 Å². The molecular weight excluding hydrogens is 768 g/mol. The molecule has 0 nitrogen and oxygen atoms in total. The molecule has 0 atom stereocenters. The predicted octanol–water partition coefficient (Wildman–Crippen LogP) is 14.0. The van der Waals surface area contributed by atoms with E-state index in [0.717, 1.165) is 44.5 Å². The number of rotatable bonds is 4. The van der Waals surface area contributed by atoms with Gasteiger partial charge < -0.3 is 29.8 Å². The van der Waals surface area contributed by atoms with Crippen LogP contribution < -0.4 is 0 Å². The maximum Gasteiger partial charge on any atom is 0 e. The molecule has 8 aromatic rings. The molecule has 1 aliphatic rings. The van der Waals surface area contributed by atoms with Gasteiger partial charge in [-0.2, -0.15) is 99.7 Å². The van der Waals surface area contributed by atoms with E-state index in [1.54, 1.807) is 0 Å². The van der Waals surface area contributed by atoms with Gasteiger partial charge in [-0.1, -0.05) is 93.6 Å². The van der Waals surface area contributed by atoms with Crippen LogP contribution in [0.2, 0.25) is 0 Å². The second-order valence-electron chi connectivity index (χ2n) is 13.3. The molecule has 1 aliphatic carbocycles. The van der Waals surface area contributed by atoms with Crippen LogP contribution in [0.3, 0.4) is 0 Å². The first-order valence-electron chi connectivity index (χ1n) is 19.0. The molecule has 1 fully saturated rings. The van der Waals surface area contributed by atoms with Crippen LogP contribution in [0, 0.1) is 52.0 Å². The molecule has 0 unspecified atom stereocenters. The van der Waals surface area contributed by atoms with Crippen molar-refractivity contribution in [2.45, 2.75) is 27.7 Å². The van der Waals surface area contributed by atoms with Crippen LogP contribution in [-0.2, 0) is 43.4 Å². The topological polar surface area (TPSA) is 0 Å². The third kappa shape index (κ3) is 16.6. The summed E-state index contributed by atoms with van der Waals surface area (Å²) in [5.74, 6) is 0. The smallest absolute Gasteiger partial charge is 0 e. The van der Waals surface area contributed by atoms with E-state index < -0.39 is 0 Å². The van der Waals surface area contributed by atoms with Crippen molar-refractivity contribution in [2.75, 3.05) is 0 Å². The molecule has 0 N–H and O–H groups in total. The van der Waals surface area contributed by atoms with Crippen molar-refractivity contribution in [3.63, 3.8) is 0 Å². The third-order valence-corrected chi connectivity index (χ3v) is 8.49. The van der Waals surface area contributed by atoms with Crippen molar-refractivity contribution < 1.29 is 43.4 Å². The van der Waals surface area contributed by atoms with E-state index in [9.17, 15) is 0 Å². The Morgan fingerprint density at radius 3 is 0.655 bits per heavy atom. The van der Waals surface area contributed by atoms with Crippen molar-refractivity contribution in [2.24, 2.45) is 0 Å². The van der Waals surface area contributed by atoms with E-state index >= 15 is 0 Å². The molecule has 1 saturated carbocycles. The number of hydrogen-bond acceptors (Lipinski definition) is 0. The summed E-state index contributed by atoms with van der Waals surface area (Å²) in [6, 6.07) is 73.8. The zero-order valence-corrected chi connectivity index (χ0v) is 36.9. The number of hydrogen-bond donors (Lipinski definition) is 0. The average Bonchev–Trinajstić information content (AvgIpc) is 4.10. The van der Waals surface area contributed by atoms with Gasteiger partial charge >= 0.3 is 0 Å². The fourth-order valence-corrected chi connectivity index (χ4v) is 5.48. The molecule has 292 valence electrons. The maximum absolute atomic E-state index is 3.59. The van der Waals surface area contributed by atoms with Crippen LogP contribution in [0.1, 0.15) is 44.5 Å². The van der Waals surface area contributed by atoms with Gasteiger partial charge in [0.1, 0.15) is 0 Å². The molecule has 0 amide bonds. The van der Waals surface area contributed by atoms with Crippen molar-refractivity contribution in [3.8, 4) is 0 Å². The summed E-state index contributed by atoms with van der Waals surface area (Å²) in [6.45, 7) is 8.33. The standard InChI is InChI=1S/C32H20.4C6H7.2Ti/c1-5-13-25(14-6-1)21-29-30(22-26-15-7-2-8-16-26)32(24-28-19-11-4-12-20-28)31(29)23-27-17-9-3-10-18-27;4*1-6-4-2-3-5-6;;/h1-20H;4*2-5H,1H3;;/q-4;-5;3*-1;;. The normalized spacial score (nSPS) is 10.7. The van der Waals surface area contributed by atoms with Crippen LogP contribution in [-0.4, -0.2) is 0 Å². The van der Waals surface area contributed by atoms with Crippen LogP contribution >= 0.6 is 0 Å². The first-order chi connectivity index (χ1) is 27.4. The Hall–Kier alpha value is -5.33. The summed E-state index contributed by atoms with van der Waals surface area (Å²) >= 11 is 0. The molecule has 0 bridgehead atoms. The minimum absolute atomic E-state index is 0. The SMILES string of the molecule is C[c-]1[cH-][cH-][cH-][cH-]1.C[c-]1cccc1.C[c-]1cccc1.C[c-]1cccc1.[C-](=C1C(=[C-]c2ccccc2)C(=[C-]c2ccccc2)C1=[C-]c1ccccc1)c1ccccc1.[Ti].[Ti]. The summed E-state index contributed by atoms with van der Waals surface area (Å²) in [5.41, 5.74) is 13.5. The van der Waals surface area contributed by atoms with Gasteiger partial charge in [-0.05, 0) is 0 Å². The van der Waals surface area contributed by atoms with Crippen molar-refractivity contribution >= 4 is 0 Å². The van der Waals surface area contributed by atoms with Gasteiger partial charge in [-0.15, -0.1) is 70.8 Å². The first-order valence-corrected chi connectivity index (χ1v) is 19.0. The molecule has 8 aromatic carbocycles. The number of allylic oxidation sites excluding steroid dienone is 4. The third-order valence-electron chi connectivity index (χ3n) is 8.49. The molecule has 0 heterocycles. The Balaban J connectivity index is 0.000000277. The Bertz CT molecular complexity index is 1960. The van der Waals surface area contributed by atoms with Gasteiger partial charge in [0.05, 0.1) is 0 Å². The molecule has 0 aliphatic heterocycles. The summed E-state index contributed by atoms with van der Waals surface area (Å²) in [4.78, 5) is 0. The Labute approximate surface area is 377 Å². The van der Waals surface area contributed by atoms with Crippen molar-refractivity contribution in [3.05, 3.63) is 309 Å². The molecule has 9 rings (SSSR count). The number of aryl methyl sites for hydroxylation is 4. The van der Waals surface area contributed by atoms with Crippen LogP contribution in [0.15, 0.2) is 241 Å². The summed E-state index contributed by atoms with van der Waals surface area (Å²) in [5, 5.41) is 0. The minimum Gasteiger partial charge on any atom is -0.748 e. The van der Waals surface area contributed by atoms with Gasteiger partial charge in [0.15, 0.2) is 0 Å². The molecule has 0 saturated heterocycles. The predicted molar refractivity (Wildman–Crippen MR) is 236 cm³/mol. The van der Waals surface area contributed by atoms with Crippen LogP contribution in [0.4, 0.5) is 0 Å². The van der Waals surface area contributed by atoms with Gasteiger partial charge in [0.25, 0.3) is 0 Å². The van der Waals surface area contributed by atoms with Gasteiger partial charge in [0.2, 0.25) is 0 Å². The molecule has 0 spiro atoms. The Kier molecular flexibility index (Phi) is 21.5.